The number of rotatable bonds is 4. The summed E-state index contributed by atoms with van der Waals surface area (Å²) in [6.07, 6.45) is 0. The normalized spacial score (nSPS) is 21.5. The van der Waals surface area contributed by atoms with Crippen LogP contribution in [0.4, 0.5) is 0 Å². The summed E-state index contributed by atoms with van der Waals surface area (Å²) >= 11 is 0. The number of benzene rings is 1. The fourth-order valence-electron chi connectivity index (χ4n) is 3.50. The van der Waals surface area contributed by atoms with Crippen molar-refractivity contribution in [1.29, 1.82) is 0 Å². The predicted octanol–water partition coefficient (Wildman–Crippen LogP) is 0.392. The van der Waals surface area contributed by atoms with E-state index in [1.54, 1.807) is 0 Å². The Morgan fingerprint density at radius 1 is 0.920 bits per heavy atom. The van der Waals surface area contributed by atoms with Gasteiger partial charge in [-0.3, -0.25) is 14.6 Å². The topological polar surface area (TPSA) is 54.5 Å². The second kappa shape index (κ2) is 7.59. The van der Waals surface area contributed by atoms with Crippen LogP contribution in [0.5, 0.6) is 11.5 Å². The Labute approximate surface area is 148 Å². The van der Waals surface area contributed by atoms with Crippen LogP contribution in [0.2, 0.25) is 0 Å². The molecule has 0 aromatic heterocycles. The van der Waals surface area contributed by atoms with Crippen LogP contribution < -0.4 is 9.47 Å². The van der Waals surface area contributed by atoms with E-state index in [0.29, 0.717) is 13.3 Å². The smallest absolute Gasteiger partial charge is 0.236 e. The first-order chi connectivity index (χ1) is 12.3. The molecule has 2 saturated heterocycles. The average Bonchev–Trinajstić information content (AvgIpc) is 3.11. The van der Waals surface area contributed by atoms with Gasteiger partial charge in [-0.1, -0.05) is 6.07 Å². The zero-order valence-corrected chi connectivity index (χ0v) is 14.5. The zero-order valence-electron chi connectivity index (χ0n) is 14.5. The fraction of sp³-hybridized carbons (Fsp3) is 0.611. The van der Waals surface area contributed by atoms with Crippen molar-refractivity contribution in [2.45, 2.75) is 6.54 Å². The van der Waals surface area contributed by atoms with E-state index in [-0.39, 0.29) is 5.91 Å². The molecule has 0 unspecified atom stereocenters. The van der Waals surface area contributed by atoms with Crippen molar-refractivity contribution in [1.82, 2.24) is 14.7 Å². The molecule has 3 heterocycles. The molecule has 1 amide bonds. The minimum atomic E-state index is 0.240. The number of ether oxygens (including phenoxy) is 3. The largest absolute Gasteiger partial charge is 0.454 e. The molecule has 0 aliphatic carbocycles. The van der Waals surface area contributed by atoms with Crippen LogP contribution in [0, 0.1) is 0 Å². The van der Waals surface area contributed by atoms with Gasteiger partial charge in [-0.05, 0) is 17.7 Å². The van der Waals surface area contributed by atoms with Crippen LogP contribution in [0.25, 0.3) is 0 Å². The van der Waals surface area contributed by atoms with E-state index in [4.69, 9.17) is 14.2 Å². The Kier molecular flexibility index (Phi) is 5.05. The first-order valence-corrected chi connectivity index (χ1v) is 8.97. The Morgan fingerprint density at radius 2 is 1.68 bits per heavy atom. The Balaban J connectivity index is 1.24. The van der Waals surface area contributed by atoms with Gasteiger partial charge in [0.15, 0.2) is 11.5 Å². The van der Waals surface area contributed by atoms with Crippen LogP contribution in [-0.4, -0.2) is 86.4 Å². The van der Waals surface area contributed by atoms with Crippen LogP contribution in [0.15, 0.2) is 18.2 Å². The van der Waals surface area contributed by atoms with E-state index >= 15 is 0 Å². The molecule has 3 aliphatic rings. The lowest BCUT2D eigenvalue weighted by Crippen LogP contribution is -2.51. The van der Waals surface area contributed by atoms with Gasteiger partial charge in [0, 0.05) is 45.8 Å². The highest BCUT2D eigenvalue weighted by Crippen LogP contribution is 2.32. The fourth-order valence-corrected chi connectivity index (χ4v) is 3.50. The third kappa shape index (κ3) is 4.05. The third-order valence-corrected chi connectivity index (χ3v) is 5.03. The van der Waals surface area contributed by atoms with Crippen molar-refractivity contribution in [2.75, 3.05) is 65.8 Å². The van der Waals surface area contributed by atoms with E-state index in [1.807, 2.05) is 11.0 Å². The molecular formula is C18H25N3O4. The molecule has 1 aromatic rings. The number of hydrogen-bond donors (Lipinski definition) is 0. The highest BCUT2D eigenvalue weighted by Gasteiger charge is 2.24. The molecule has 1 aromatic carbocycles. The van der Waals surface area contributed by atoms with E-state index in [1.165, 1.54) is 5.56 Å². The summed E-state index contributed by atoms with van der Waals surface area (Å²) in [6.45, 7) is 8.29. The van der Waals surface area contributed by atoms with Gasteiger partial charge < -0.3 is 19.1 Å². The summed E-state index contributed by atoms with van der Waals surface area (Å²) in [6, 6.07) is 6.11. The number of carbonyl (C=O) groups excluding carboxylic acids is 1. The maximum Gasteiger partial charge on any atom is 0.236 e. The summed E-state index contributed by atoms with van der Waals surface area (Å²) in [5, 5.41) is 0. The number of nitrogens with zero attached hydrogens (tertiary/aromatic N) is 3. The standard InChI is InChI=1S/C18H25N3O4/c22-18(13-20-7-9-23-10-8-20)21-5-3-19(4-6-21)12-15-1-2-16-17(11-15)25-14-24-16/h1-2,11H,3-10,12-14H2. The third-order valence-electron chi connectivity index (χ3n) is 5.03. The molecule has 0 N–H and O–H groups in total. The SMILES string of the molecule is O=C(CN1CCOCC1)N1CCN(Cc2ccc3c(c2)OCO3)CC1. The summed E-state index contributed by atoms with van der Waals surface area (Å²) in [4.78, 5) is 19.0. The quantitative estimate of drug-likeness (QED) is 0.786. The van der Waals surface area contributed by atoms with Crippen molar-refractivity contribution in [2.24, 2.45) is 0 Å². The molecule has 7 nitrogen and oxygen atoms in total. The monoisotopic (exact) mass is 347 g/mol. The lowest BCUT2D eigenvalue weighted by molar-refractivity contribution is -0.135. The van der Waals surface area contributed by atoms with Gasteiger partial charge >= 0.3 is 0 Å². The van der Waals surface area contributed by atoms with Gasteiger partial charge in [-0.2, -0.15) is 0 Å². The minimum Gasteiger partial charge on any atom is -0.454 e. The van der Waals surface area contributed by atoms with Gasteiger partial charge in [0.05, 0.1) is 19.8 Å². The summed E-state index contributed by atoms with van der Waals surface area (Å²) in [7, 11) is 0. The molecule has 0 radical (unpaired) electrons. The summed E-state index contributed by atoms with van der Waals surface area (Å²) in [5.41, 5.74) is 1.22. The molecule has 7 heteroatoms. The first kappa shape index (κ1) is 16.6. The maximum absolute atomic E-state index is 12.5. The maximum atomic E-state index is 12.5. The predicted molar refractivity (Wildman–Crippen MR) is 91.7 cm³/mol. The van der Waals surface area contributed by atoms with Crippen molar-refractivity contribution >= 4 is 5.91 Å². The van der Waals surface area contributed by atoms with Gasteiger partial charge in [0.2, 0.25) is 12.7 Å². The van der Waals surface area contributed by atoms with E-state index in [9.17, 15) is 4.79 Å². The van der Waals surface area contributed by atoms with Crippen LogP contribution in [-0.2, 0) is 16.1 Å². The van der Waals surface area contributed by atoms with E-state index in [2.05, 4.69) is 21.9 Å². The number of amides is 1. The van der Waals surface area contributed by atoms with Crippen molar-refractivity contribution < 1.29 is 19.0 Å². The highest BCUT2D eigenvalue weighted by molar-refractivity contribution is 5.78. The number of fused-ring (bicyclic) bond motifs is 1. The Hall–Kier alpha value is -1.83. The Morgan fingerprint density at radius 3 is 2.48 bits per heavy atom. The van der Waals surface area contributed by atoms with Gasteiger partial charge in [0.1, 0.15) is 0 Å². The van der Waals surface area contributed by atoms with Gasteiger partial charge in [-0.15, -0.1) is 0 Å². The molecule has 25 heavy (non-hydrogen) atoms. The molecule has 0 atom stereocenters. The molecular weight excluding hydrogens is 322 g/mol. The lowest BCUT2D eigenvalue weighted by Gasteiger charge is -2.36. The summed E-state index contributed by atoms with van der Waals surface area (Å²) in [5.74, 6) is 1.89. The van der Waals surface area contributed by atoms with Gasteiger partial charge in [0.25, 0.3) is 0 Å². The molecule has 136 valence electrons. The van der Waals surface area contributed by atoms with Crippen molar-refractivity contribution in [3.8, 4) is 11.5 Å². The Bertz CT molecular complexity index is 610. The molecule has 4 rings (SSSR count). The summed E-state index contributed by atoms with van der Waals surface area (Å²) < 4.78 is 16.1. The minimum absolute atomic E-state index is 0.240. The second-order valence-corrected chi connectivity index (χ2v) is 6.73. The van der Waals surface area contributed by atoms with E-state index in [0.717, 1.165) is 70.5 Å². The van der Waals surface area contributed by atoms with Gasteiger partial charge in [-0.25, -0.2) is 0 Å². The average molecular weight is 347 g/mol. The number of morpholine rings is 1. The first-order valence-electron chi connectivity index (χ1n) is 8.97. The van der Waals surface area contributed by atoms with Crippen LogP contribution >= 0.6 is 0 Å². The van der Waals surface area contributed by atoms with Crippen LogP contribution in [0.1, 0.15) is 5.56 Å². The number of hydrogen-bond acceptors (Lipinski definition) is 6. The van der Waals surface area contributed by atoms with Crippen LogP contribution in [0.3, 0.4) is 0 Å². The zero-order chi connectivity index (χ0) is 17.1. The second-order valence-electron chi connectivity index (χ2n) is 6.73. The number of carbonyl (C=O) groups is 1. The molecule has 0 bridgehead atoms. The molecule has 0 saturated carbocycles. The molecule has 3 aliphatic heterocycles. The van der Waals surface area contributed by atoms with Crippen molar-refractivity contribution in [3.63, 3.8) is 0 Å². The highest BCUT2D eigenvalue weighted by atomic mass is 16.7. The molecule has 0 spiro atoms. The lowest BCUT2D eigenvalue weighted by atomic mass is 10.1. The number of piperazine rings is 1. The molecule has 2 fully saturated rings. The van der Waals surface area contributed by atoms with Crippen molar-refractivity contribution in [3.05, 3.63) is 23.8 Å². The van der Waals surface area contributed by atoms with E-state index < -0.39 is 0 Å².